The van der Waals surface area contributed by atoms with E-state index in [0.717, 1.165) is 6.20 Å². The molecule has 0 radical (unpaired) electrons. The number of nitrogens with one attached hydrogen (secondary N) is 1. The predicted molar refractivity (Wildman–Crippen MR) is 102 cm³/mol. The Morgan fingerprint density at radius 1 is 1.17 bits per heavy atom. The number of para-hydroxylation sites is 1. The fraction of sp³-hybridized carbons (Fsp3) is 0.250. The van der Waals surface area contributed by atoms with Gasteiger partial charge in [0.1, 0.15) is 17.6 Å². The summed E-state index contributed by atoms with van der Waals surface area (Å²) in [7, 11) is 0. The Morgan fingerprint density at radius 2 is 1.97 bits per heavy atom. The maximum atomic E-state index is 13.2. The molecule has 9 heteroatoms. The fourth-order valence-corrected chi connectivity index (χ4v) is 4.37. The van der Waals surface area contributed by atoms with E-state index >= 15 is 0 Å². The first-order valence-electron chi connectivity index (χ1n) is 9.14. The highest BCUT2D eigenvalue weighted by atomic mass is 16.6. The van der Waals surface area contributed by atoms with Crippen LogP contribution in [0.1, 0.15) is 0 Å². The lowest BCUT2D eigenvalue weighted by atomic mass is 9.77. The van der Waals surface area contributed by atoms with E-state index in [1.165, 1.54) is 17.0 Å². The minimum atomic E-state index is -0.963. The van der Waals surface area contributed by atoms with Crippen LogP contribution >= 0.6 is 0 Å². The van der Waals surface area contributed by atoms with Crippen molar-refractivity contribution in [2.45, 2.75) is 11.7 Å². The van der Waals surface area contributed by atoms with Crippen LogP contribution in [0.4, 0.5) is 17.2 Å². The maximum Gasteiger partial charge on any atom is 0.287 e. The van der Waals surface area contributed by atoms with Gasteiger partial charge in [-0.1, -0.05) is 30.4 Å². The lowest BCUT2D eigenvalue weighted by Gasteiger charge is -2.29. The molecule has 0 aliphatic carbocycles. The molecule has 4 heterocycles. The number of imide groups is 1. The average molecular weight is 392 g/mol. The largest absolute Gasteiger partial charge is 0.367 e. The summed E-state index contributed by atoms with van der Waals surface area (Å²) < 4.78 is 6.06. The third-order valence-electron chi connectivity index (χ3n) is 5.67. The second-order valence-electron chi connectivity index (χ2n) is 7.26. The molecule has 2 bridgehead atoms. The molecule has 29 heavy (non-hydrogen) atoms. The first-order chi connectivity index (χ1) is 14.0. The summed E-state index contributed by atoms with van der Waals surface area (Å²) in [5, 5.41) is 13.8. The monoisotopic (exact) mass is 392 g/mol. The number of hydrogen-bond donors (Lipinski definition) is 1. The smallest absolute Gasteiger partial charge is 0.287 e. The molecule has 5 rings (SSSR count). The molecule has 146 valence electrons. The molecule has 2 aromatic rings. The number of pyridine rings is 1. The van der Waals surface area contributed by atoms with Gasteiger partial charge in [0.05, 0.1) is 28.6 Å². The number of fused-ring (bicyclic) bond motifs is 5. The maximum absolute atomic E-state index is 13.2. The van der Waals surface area contributed by atoms with E-state index in [9.17, 15) is 19.7 Å². The molecular formula is C20H16N4O5. The second kappa shape index (κ2) is 6.21. The second-order valence-corrected chi connectivity index (χ2v) is 7.26. The van der Waals surface area contributed by atoms with Crippen LogP contribution in [0.5, 0.6) is 0 Å². The molecule has 0 spiro atoms. The molecule has 9 nitrogen and oxygen atoms in total. The number of nitro groups is 1. The zero-order chi connectivity index (χ0) is 20.2. The standard InChI is InChI=1S/C20H16N4O5/c25-18-16-14-8-9-20(29-14,11-22-15-7-6-13(10-21-15)24(27)28)17(16)19(26)23(18)12-4-2-1-3-5-12/h1-10,14,16-17H,11H2,(H,21,22)/t14-,16-,17-,20+/m0/s1. The van der Waals surface area contributed by atoms with Gasteiger partial charge in [-0.3, -0.25) is 19.7 Å². The molecule has 4 atom stereocenters. The number of carbonyl (C=O) groups excluding carboxylic acids is 2. The Morgan fingerprint density at radius 3 is 2.66 bits per heavy atom. The summed E-state index contributed by atoms with van der Waals surface area (Å²) in [6.07, 6.45) is 4.37. The van der Waals surface area contributed by atoms with E-state index in [1.807, 2.05) is 18.2 Å². The van der Waals surface area contributed by atoms with Crippen LogP contribution in [0.15, 0.2) is 60.8 Å². The number of ether oxygens (including phenoxy) is 1. The summed E-state index contributed by atoms with van der Waals surface area (Å²) >= 11 is 0. The van der Waals surface area contributed by atoms with Crippen molar-refractivity contribution in [2.24, 2.45) is 11.8 Å². The minimum Gasteiger partial charge on any atom is -0.367 e. The van der Waals surface area contributed by atoms with Crippen molar-refractivity contribution in [3.05, 3.63) is 70.9 Å². The molecule has 1 aromatic heterocycles. The van der Waals surface area contributed by atoms with Gasteiger partial charge in [0, 0.05) is 12.6 Å². The highest BCUT2D eigenvalue weighted by molar-refractivity contribution is 6.23. The van der Waals surface area contributed by atoms with Crippen molar-refractivity contribution in [1.29, 1.82) is 0 Å². The fourth-order valence-electron chi connectivity index (χ4n) is 4.37. The van der Waals surface area contributed by atoms with Crippen LogP contribution < -0.4 is 10.2 Å². The van der Waals surface area contributed by atoms with E-state index in [1.54, 1.807) is 24.3 Å². The summed E-state index contributed by atoms with van der Waals surface area (Å²) in [6, 6.07) is 11.7. The molecule has 3 aliphatic heterocycles. The van der Waals surface area contributed by atoms with Crippen molar-refractivity contribution in [2.75, 3.05) is 16.8 Å². The first kappa shape index (κ1) is 17.5. The predicted octanol–water partition coefficient (Wildman–Crippen LogP) is 1.91. The van der Waals surface area contributed by atoms with Gasteiger partial charge >= 0.3 is 0 Å². The summed E-state index contributed by atoms with van der Waals surface area (Å²) in [6.45, 7) is 0.216. The molecule has 3 aliphatic rings. The molecule has 1 aromatic carbocycles. The van der Waals surface area contributed by atoms with Gasteiger partial charge in [0.2, 0.25) is 11.8 Å². The third-order valence-corrected chi connectivity index (χ3v) is 5.67. The molecule has 0 saturated carbocycles. The molecule has 2 fully saturated rings. The third kappa shape index (κ3) is 2.54. The van der Waals surface area contributed by atoms with Crippen molar-refractivity contribution in [3.63, 3.8) is 0 Å². The Bertz CT molecular complexity index is 1040. The van der Waals surface area contributed by atoms with Crippen molar-refractivity contribution < 1.29 is 19.2 Å². The van der Waals surface area contributed by atoms with E-state index in [2.05, 4.69) is 10.3 Å². The lowest BCUT2D eigenvalue weighted by Crippen LogP contribution is -2.45. The Kier molecular flexibility index (Phi) is 3.75. The van der Waals surface area contributed by atoms with Crippen molar-refractivity contribution in [1.82, 2.24) is 4.98 Å². The van der Waals surface area contributed by atoms with E-state index in [0.29, 0.717) is 11.5 Å². The summed E-state index contributed by atoms with van der Waals surface area (Å²) in [5.74, 6) is -1.30. The van der Waals surface area contributed by atoms with Crippen LogP contribution in [0.25, 0.3) is 0 Å². The molecule has 2 saturated heterocycles. The van der Waals surface area contributed by atoms with Gasteiger partial charge in [-0.15, -0.1) is 0 Å². The zero-order valence-electron chi connectivity index (χ0n) is 15.1. The van der Waals surface area contributed by atoms with Crippen LogP contribution in [0.3, 0.4) is 0 Å². The van der Waals surface area contributed by atoms with Gasteiger partial charge < -0.3 is 10.1 Å². The first-order valence-corrected chi connectivity index (χ1v) is 9.14. The number of nitrogens with zero attached hydrogens (tertiary/aromatic N) is 3. The number of anilines is 2. The summed E-state index contributed by atoms with van der Waals surface area (Å²) in [5.41, 5.74) is -0.520. The highest BCUT2D eigenvalue weighted by Gasteiger charge is 2.67. The summed E-state index contributed by atoms with van der Waals surface area (Å²) in [4.78, 5) is 41.7. The van der Waals surface area contributed by atoms with Gasteiger partial charge in [0.15, 0.2) is 0 Å². The number of amides is 2. The Hall–Kier alpha value is -3.59. The van der Waals surface area contributed by atoms with Crippen LogP contribution in [-0.2, 0) is 14.3 Å². The molecular weight excluding hydrogens is 376 g/mol. The Labute approximate surface area is 165 Å². The number of benzene rings is 1. The lowest BCUT2D eigenvalue weighted by molar-refractivity contribution is -0.385. The van der Waals surface area contributed by atoms with Crippen LogP contribution in [0.2, 0.25) is 0 Å². The van der Waals surface area contributed by atoms with E-state index in [4.69, 9.17) is 4.74 Å². The van der Waals surface area contributed by atoms with E-state index < -0.39 is 28.5 Å². The van der Waals surface area contributed by atoms with Crippen LogP contribution in [0, 0.1) is 22.0 Å². The molecule has 0 unspecified atom stereocenters. The number of hydrogen-bond acceptors (Lipinski definition) is 7. The van der Waals surface area contributed by atoms with Gasteiger partial charge in [-0.05, 0) is 18.2 Å². The van der Waals surface area contributed by atoms with Crippen molar-refractivity contribution in [3.8, 4) is 0 Å². The quantitative estimate of drug-likeness (QED) is 0.358. The normalized spacial score (nSPS) is 29.4. The number of carbonyl (C=O) groups is 2. The zero-order valence-corrected chi connectivity index (χ0v) is 15.1. The highest BCUT2D eigenvalue weighted by Crippen LogP contribution is 2.52. The average Bonchev–Trinajstić information content (AvgIpc) is 3.38. The van der Waals surface area contributed by atoms with Gasteiger partial charge in [-0.2, -0.15) is 0 Å². The van der Waals surface area contributed by atoms with E-state index in [-0.39, 0.29) is 24.0 Å². The van der Waals surface area contributed by atoms with Gasteiger partial charge in [0.25, 0.3) is 5.69 Å². The minimum absolute atomic E-state index is 0.109. The Balaban J connectivity index is 1.40. The molecule has 1 N–H and O–H groups in total. The van der Waals surface area contributed by atoms with Crippen LogP contribution in [-0.4, -0.2) is 40.0 Å². The van der Waals surface area contributed by atoms with Crippen molar-refractivity contribution >= 4 is 29.0 Å². The SMILES string of the molecule is O=C1[C@H]2[C@@H]3C=C[C@](CNc4ccc([N+](=O)[O-])cn4)(O3)[C@@H]2C(=O)N1c1ccccc1. The molecule has 2 amide bonds. The topological polar surface area (TPSA) is 115 Å². The van der Waals surface area contributed by atoms with Gasteiger partial charge in [-0.25, -0.2) is 9.88 Å². The number of aromatic nitrogens is 1. The number of rotatable bonds is 5.